The average molecular weight is 294 g/mol. The minimum atomic E-state index is -0.449. The van der Waals surface area contributed by atoms with E-state index in [9.17, 15) is 9.90 Å². The van der Waals surface area contributed by atoms with Crippen molar-refractivity contribution in [3.63, 3.8) is 0 Å². The van der Waals surface area contributed by atoms with Crippen LogP contribution in [0.25, 0.3) is 0 Å². The number of aromatic nitrogens is 1. The van der Waals surface area contributed by atoms with Crippen LogP contribution in [0, 0.1) is 18.3 Å². The fraction of sp³-hybridized carbons (Fsp3) is 0.600. The fourth-order valence-electron chi connectivity index (χ4n) is 1.98. The number of rotatable bonds is 9. The first kappa shape index (κ1) is 17.2. The van der Waals surface area contributed by atoms with E-state index >= 15 is 0 Å². The van der Waals surface area contributed by atoms with Gasteiger partial charge in [0.15, 0.2) is 5.88 Å². The van der Waals surface area contributed by atoms with E-state index in [2.05, 4.69) is 0 Å². The Balaban J connectivity index is 2.43. The van der Waals surface area contributed by atoms with Crippen LogP contribution in [0.1, 0.15) is 30.4 Å². The van der Waals surface area contributed by atoms with Crippen LogP contribution in [0.15, 0.2) is 10.9 Å². The van der Waals surface area contributed by atoms with Crippen LogP contribution in [-0.2, 0) is 16.0 Å². The van der Waals surface area contributed by atoms with Gasteiger partial charge in [0.2, 0.25) is 0 Å². The summed E-state index contributed by atoms with van der Waals surface area (Å²) in [6, 6.07) is 3.31. The first-order valence-corrected chi connectivity index (χ1v) is 7.02. The minimum absolute atomic E-state index is 0.0771. The fourth-order valence-corrected chi connectivity index (χ4v) is 1.98. The number of nitrogens with zero attached hydrogens (tertiary/aromatic N) is 2. The molecule has 1 heterocycles. The molecule has 6 nitrogen and oxygen atoms in total. The maximum absolute atomic E-state index is 12.0. The molecule has 0 unspecified atom stereocenters. The maximum Gasteiger partial charge on any atom is 0.271 e. The van der Waals surface area contributed by atoms with E-state index in [0.29, 0.717) is 31.7 Å². The van der Waals surface area contributed by atoms with Crippen molar-refractivity contribution >= 4 is 0 Å². The number of nitriles is 1. The molecule has 21 heavy (non-hydrogen) atoms. The van der Waals surface area contributed by atoms with Gasteiger partial charge in [0, 0.05) is 39.5 Å². The lowest BCUT2D eigenvalue weighted by Gasteiger charge is -2.10. The second-order valence-electron chi connectivity index (χ2n) is 4.79. The Hall–Kier alpha value is -1.84. The van der Waals surface area contributed by atoms with Crippen molar-refractivity contribution < 1.29 is 14.6 Å². The van der Waals surface area contributed by atoms with Crippen LogP contribution >= 0.6 is 0 Å². The molecule has 0 amide bonds. The molecule has 1 rings (SSSR count). The van der Waals surface area contributed by atoms with Gasteiger partial charge in [-0.25, -0.2) is 0 Å². The van der Waals surface area contributed by atoms with Crippen LogP contribution in [-0.4, -0.2) is 36.6 Å². The highest BCUT2D eigenvalue weighted by atomic mass is 16.5. The molecule has 0 fully saturated rings. The third-order valence-electron chi connectivity index (χ3n) is 3.14. The van der Waals surface area contributed by atoms with Gasteiger partial charge in [-0.2, -0.15) is 5.26 Å². The van der Waals surface area contributed by atoms with E-state index in [1.54, 1.807) is 14.0 Å². The van der Waals surface area contributed by atoms with E-state index in [0.717, 1.165) is 19.4 Å². The summed E-state index contributed by atoms with van der Waals surface area (Å²) < 4.78 is 11.6. The SMILES string of the molecule is COCCCCOCCCn1c(O)cc(C)c(C#N)c1=O. The number of aryl methyl sites for hydroxylation is 1. The van der Waals surface area contributed by atoms with Crippen molar-refractivity contribution in [1.82, 2.24) is 4.57 Å². The Bertz CT molecular complexity index is 546. The van der Waals surface area contributed by atoms with Gasteiger partial charge in [-0.1, -0.05) is 0 Å². The van der Waals surface area contributed by atoms with Gasteiger partial charge >= 0.3 is 0 Å². The monoisotopic (exact) mass is 294 g/mol. The molecule has 116 valence electrons. The summed E-state index contributed by atoms with van der Waals surface area (Å²) in [5.41, 5.74) is 0.119. The molecule has 0 aliphatic rings. The van der Waals surface area contributed by atoms with Gasteiger partial charge in [0.1, 0.15) is 11.6 Å². The lowest BCUT2D eigenvalue weighted by molar-refractivity contribution is 0.114. The number of ether oxygens (including phenoxy) is 2. The summed E-state index contributed by atoms with van der Waals surface area (Å²) >= 11 is 0. The van der Waals surface area contributed by atoms with Gasteiger partial charge in [-0.15, -0.1) is 0 Å². The zero-order chi connectivity index (χ0) is 15.7. The summed E-state index contributed by atoms with van der Waals surface area (Å²) in [7, 11) is 1.67. The summed E-state index contributed by atoms with van der Waals surface area (Å²) in [5, 5.41) is 18.7. The average Bonchev–Trinajstić information content (AvgIpc) is 2.45. The summed E-state index contributed by atoms with van der Waals surface area (Å²) in [4.78, 5) is 12.0. The molecule has 0 saturated heterocycles. The third kappa shape index (κ3) is 5.21. The van der Waals surface area contributed by atoms with Crippen LogP contribution < -0.4 is 5.56 Å². The van der Waals surface area contributed by atoms with Crippen molar-refractivity contribution in [3.8, 4) is 11.9 Å². The molecular formula is C15H22N2O4. The van der Waals surface area contributed by atoms with Crippen molar-refractivity contribution in [3.05, 3.63) is 27.5 Å². The summed E-state index contributed by atoms with van der Waals surface area (Å²) in [6.45, 7) is 3.86. The van der Waals surface area contributed by atoms with E-state index in [-0.39, 0.29) is 11.4 Å². The largest absolute Gasteiger partial charge is 0.494 e. The number of aromatic hydroxyl groups is 1. The van der Waals surface area contributed by atoms with Gasteiger partial charge < -0.3 is 14.6 Å². The minimum Gasteiger partial charge on any atom is -0.494 e. The zero-order valence-corrected chi connectivity index (χ0v) is 12.6. The maximum atomic E-state index is 12.0. The molecule has 1 aromatic rings. The Kier molecular flexibility index (Phi) is 7.51. The molecule has 0 aliphatic heterocycles. The number of hydrogen-bond acceptors (Lipinski definition) is 5. The highest BCUT2D eigenvalue weighted by Crippen LogP contribution is 2.12. The van der Waals surface area contributed by atoms with Crippen LogP contribution in [0.5, 0.6) is 5.88 Å². The molecule has 0 radical (unpaired) electrons. The summed E-state index contributed by atoms with van der Waals surface area (Å²) in [5.74, 6) is -0.114. The Morgan fingerprint density at radius 2 is 1.95 bits per heavy atom. The first-order valence-electron chi connectivity index (χ1n) is 7.02. The summed E-state index contributed by atoms with van der Waals surface area (Å²) in [6.07, 6.45) is 2.49. The molecule has 0 saturated carbocycles. The van der Waals surface area contributed by atoms with Crippen LogP contribution in [0.2, 0.25) is 0 Å². The lowest BCUT2D eigenvalue weighted by atomic mass is 10.1. The van der Waals surface area contributed by atoms with E-state index in [4.69, 9.17) is 14.7 Å². The quantitative estimate of drug-likeness (QED) is 0.699. The van der Waals surface area contributed by atoms with Crippen molar-refractivity contribution in [2.75, 3.05) is 26.9 Å². The number of methoxy groups -OCH3 is 1. The van der Waals surface area contributed by atoms with Crippen LogP contribution in [0.3, 0.4) is 0 Å². The molecule has 1 aromatic heterocycles. The second kappa shape index (κ2) is 9.16. The number of hydrogen-bond donors (Lipinski definition) is 1. The van der Waals surface area contributed by atoms with Crippen LogP contribution in [0.4, 0.5) is 0 Å². The number of unbranched alkanes of at least 4 members (excludes halogenated alkanes) is 1. The van der Waals surface area contributed by atoms with Gasteiger partial charge in [0.25, 0.3) is 5.56 Å². The van der Waals surface area contributed by atoms with E-state index < -0.39 is 5.56 Å². The Labute approximate surface area is 124 Å². The molecule has 0 aliphatic carbocycles. The number of pyridine rings is 1. The van der Waals surface area contributed by atoms with Crippen molar-refractivity contribution in [1.29, 1.82) is 5.26 Å². The first-order chi connectivity index (χ1) is 10.1. The molecule has 6 heteroatoms. The molecule has 0 spiro atoms. The Morgan fingerprint density at radius 3 is 2.62 bits per heavy atom. The molecule has 0 aromatic carbocycles. The topological polar surface area (TPSA) is 84.5 Å². The predicted molar refractivity (Wildman–Crippen MR) is 78.4 cm³/mol. The highest BCUT2D eigenvalue weighted by Gasteiger charge is 2.11. The zero-order valence-electron chi connectivity index (χ0n) is 12.6. The normalized spacial score (nSPS) is 10.5. The van der Waals surface area contributed by atoms with Gasteiger partial charge in [0.05, 0.1) is 0 Å². The Morgan fingerprint density at radius 1 is 1.29 bits per heavy atom. The van der Waals surface area contributed by atoms with Gasteiger partial charge in [-0.05, 0) is 31.7 Å². The molecule has 0 bridgehead atoms. The van der Waals surface area contributed by atoms with Crippen molar-refractivity contribution in [2.24, 2.45) is 0 Å². The third-order valence-corrected chi connectivity index (χ3v) is 3.14. The predicted octanol–water partition coefficient (Wildman–Crippen LogP) is 1.57. The van der Waals surface area contributed by atoms with E-state index in [1.165, 1.54) is 10.6 Å². The second-order valence-corrected chi connectivity index (χ2v) is 4.79. The molecule has 0 atom stereocenters. The molecule has 1 N–H and O–H groups in total. The lowest BCUT2D eigenvalue weighted by Crippen LogP contribution is -2.24. The smallest absolute Gasteiger partial charge is 0.271 e. The highest BCUT2D eigenvalue weighted by molar-refractivity contribution is 5.37. The van der Waals surface area contributed by atoms with E-state index in [1.807, 2.05) is 6.07 Å². The van der Waals surface area contributed by atoms with Crippen molar-refractivity contribution in [2.45, 2.75) is 32.7 Å². The molecular weight excluding hydrogens is 272 g/mol. The van der Waals surface area contributed by atoms with Gasteiger partial charge in [-0.3, -0.25) is 9.36 Å². The standard InChI is InChI=1S/C15H22N2O4/c1-12-10-14(18)17(15(19)13(12)11-16)6-5-9-21-8-4-3-7-20-2/h10,18H,3-9H2,1-2H3.